The van der Waals surface area contributed by atoms with Gasteiger partial charge in [-0.3, -0.25) is 4.98 Å². The van der Waals surface area contributed by atoms with E-state index in [4.69, 9.17) is 13.5 Å². The summed E-state index contributed by atoms with van der Waals surface area (Å²) in [6, 6.07) is 98.5. The molecule has 0 saturated carbocycles. The number of furan rings is 1. The van der Waals surface area contributed by atoms with Gasteiger partial charge in [-0.2, -0.15) is 0 Å². The van der Waals surface area contributed by atoms with Crippen molar-refractivity contribution in [3.05, 3.63) is 291 Å². The van der Waals surface area contributed by atoms with Crippen molar-refractivity contribution in [3.63, 3.8) is 0 Å². The van der Waals surface area contributed by atoms with Crippen LogP contribution in [0.3, 0.4) is 0 Å². The van der Waals surface area contributed by atoms with Gasteiger partial charge in [0.25, 0.3) is 0 Å². The largest absolute Gasteiger partial charge is 3.00 e. The van der Waals surface area contributed by atoms with Gasteiger partial charge in [-0.15, -0.1) is 83.4 Å². The zero-order valence-corrected chi connectivity index (χ0v) is 45.8. The van der Waals surface area contributed by atoms with Gasteiger partial charge in [-0.1, -0.05) is 203 Å². The first kappa shape index (κ1) is 47.1. The Kier molecular flexibility index (Phi) is 12.8. The second kappa shape index (κ2) is 22.0. The van der Waals surface area contributed by atoms with Gasteiger partial charge < -0.3 is 14.4 Å². The Balaban J connectivity index is 0.00000658. The minimum absolute atomic E-state index is 0. The zero-order valence-electron chi connectivity index (χ0n) is 46.4. The Hall–Kier alpha value is -9.97. The number of nitrogens with zero attached hydrogens (tertiary/aromatic N) is 4. The number of hydrogen-bond acceptors (Lipinski definition) is 5. The summed E-state index contributed by atoms with van der Waals surface area (Å²) in [5.74, 6) is 0. The topological polar surface area (TPSA) is 64.7 Å². The monoisotopic (exact) mass is 1220 g/mol. The van der Waals surface area contributed by atoms with E-state index in [0.717, 1.165) is 122 Å². The first-order valence-corrected chi connectivity index (χ1v) is 26.5. The second-order valence-corrected chi connectivity index (χ2v) is 19.7. The molecular formula is C75H47IrN4O. The summed E-state index contributed by atoms with van der Waals surface area (Å²) >= 11 is 0. The third-order valence-corrected chi connectivity index (χ3v) is 14.8. The van der Waals surface area contributed by atoms with Gasteiger partial charge in [0.2, 0.25) is 11.4 Å². The fraction of sp³-hybridized carbons (Fsp3) is 0.0133. The summed E-state index contributed by atoms with van der Waals surface area (Å²) in [5, 5.41) is 1.44. The fourth-order valence-electron chi connectivity index (χ4n) is 10.8. The molecule has 382 valence electrons. The Labute approximate surface area is 488 Å². The van der Waals surface area contributed by atoms with Crippen LogP contribution >= 0.6 is 0 Å². The molecular weight excluding hydrogens is 1170 g/mol. The molecule has 0 fully saturated rings. The zero-order chi connectivity index (χ0) is 55.9. The van der Waals surface area contributed by atoms with Crippen LogP contribution in [0.25, 0.3) is 145 Å². The van der Waals surface area contributed by atoms with E-state index in [1.54, 1.807) is 6.07 Å². The molecule has 14 aromatic rings. The van der Waals surface area contributed by atoms with Crippen LogP contribution in [0.1, 0.15) is 9.81 Å². The molecule has 0 radical (unpaired) electrons. The summed E-state index contributed by atoms with van der Waals surface area (Å²) in [5.41, 5.74) is 22.5. The Morgan fingerprint density at radius 3 is 1.31 bits per heavy atom. The number of aromatic nitrogens is 4. The molecule has 5 nitrogen and oxygen atoms in total. The smallest absolute Gasteiger partial charge is 0.420 e. The molecule has 0 aliphatic rings. The normalized spacial score (nSPS) is 11.9. The van der Waals surface area contributed by atoms with E-state index in [1.807, 2.05) is 67.0 Å². The molecule has 5 heterocycles. The van der Waals surface area contributed by atoms with E-state index in [9.17, 15) is 0 Å². The van der Waals surface area contributed by atoms with Crippen LogP contribution in [0.15, 0.2) is 272 Å². The molecule has 0 bridgehead atoms. The van der Waals surface area contributed by atoms with E-state index in [-0.39, 0.29) is 31.5 Å². The molecule has 14 rings (SSSR count). The van der Waals surface area contributed by atoms with Crippen LogP contribution in [0, 0.1) is 25.1 Å². The Morgan fingerprint density at radius 2 is 0.778 bits per heavy atom. The quantitative estimate of drug-likeness (QED) is 0.121. The van der Waals surface area contributed by atoms with Gasteiger partial charge in [0.05, 0.1) is 0 Å². The van der Waals surface area contributed by atoms with E-state index in [0.29, 0.717) is 16.8 Å². The van der Waals surface area contributed by atoms with E-state index in [2.05, 4.69) is 221 Å². The van der Waals surface area contributed by atoms with Gasteiger partial charge in [0.15, 0.2) is 0 Å². The van der Waals surface area contributed by atoms with E-state index in [1.165, 1.54) is 6.07 Å². The van der Waals surface area contributed by atoms with Crippen molar-refractivity contribution < 1.29 is 28.6 Å². The third kappa shape index (κ3) is 10.00. The molecule has 0 amide bonds. The predicted octanol–water partition coefficient (Wildman–Crippen LogP) is 19.2. The molecule has 0 N–H and O–H groups in total. The van der Waals surface area contributed by atoms with Crippen LogP contribution in [-0.2, 0) is 20.1 Å². The van der Waals surface area contributed by atoms with Crippen molar-refractivity contribution >= 4 is 22.2 Å². The van der Waals surface area contributed by atoms with Crippen molar-refractivity contribution in [2.24, 2.45) is 0 Å². The van der Waals surface area contributed by atoms with Crippen molar-refractivity contribution in [2.75, 3.05) is 0 Å². The molecule has 81 heavy (non-hydrogen) atoms. The van der Waals surface area contributed by atoms with Crippen molar-refractivity contribution in [1.29, 1.82) is 0 Å². The summed E-state index contributed by atoms with van der Waals surface area (Å²) in [6.45, 7) is -2.37. The maximum atomic E-state index is 7.94. The van der Waals surface area contributed by atoms with Gasteiger partial charge in [-0.25, -0.2) is 4.98 Å². The van der Waals surface area contributed by atoms with Crippen molar-refractivity contribution in [1.82, 2.24) is 19.9 Å². The second-order valence-electron chi connectivity index (χ2n) is 19.7. The average molecular weight is 1220 g/mol. The standard InChI is InChI=1S/C75H47N4O.Ir/c1-49-25-39-68-69-41-42-73(79-75(69)80-74(68)78-49)57-38-40-67(70(48-57)54-28-26-51(27-29-54)50-15-3-2-4-16-50)66-22-10-9-21-65(66)60-46-58(63-19-7-5-17-61(63)52-30-34-55(35-31-52)71-23-11-13-43-76-71)45-59(47-60)64-20-8-6-18-62(64)53-32-36-56(37-33-53)72-24-12-14-44-77-72;/h2-34,36,39-48H,1H3;/q-3;+3/i1D3;. The molecule has 0 aliphatic carbocycles. The first-order chi connectivity index (χ1) is 40.8. The number of fused-ring (bicyclic) bond motifs is 3. The SMILES string of the molecule is [2H]C([2H])([2H])c1ccc2c(n1)oc1nc(-c3[c-]cc(-c4ccccc4-c4cc(-c5ccccc5-c5c[c-]c(-c6ccccn6)cc5)cc(-c5ccccc5-c5c[c-]c(-c6ccccn6)cc5)c4)c(-c4ccc(-c5ccccc5)cc4)c3)ccc12.[Ir+3]. The van der Waals surface area contributed by atoms with Crippen LogP contribution in [0.2, 0.25) is 0 Å². The summed E-state index contributed by atoms with van der Waals surface area (Å²) < 4.78 is 30.0. The molecule has 0 atom stereocenters. The summed E-state index contributed by atoms with van der Waals surface area (Å²) in [6.07, 6.45) is 3.62. The number of aryl methyl sites for hydroxylation is 1. The van der Waals surface area contributed by atoms with Gasteiger partial charge in [-0.05, 0) is 116 Å². The molecule has 0 unspecified atom stereocenters. The first-order valence-electron chi connectivity index (χ1n) is 28.0. The Morgan fingerprint density at radius 1 is 0.321 bits per heavy atom. The van der Waals surface area contributed by atoms with Crippen LogP contribution in [-0.4, -0.2) is 19.9 Å². The number of benzene rings is 9. The van der Waals surface area contributed by atoms with Crippen LogP contribution in [0.5, 0.6) is 0 Å². The minimum Gasteiger partial charge on any atom is -0.420 e. The van der Waals surface area contributed by atoms with E-state index < -0.39 is 6.85 Å². The molecule has 0 spiro atoms. The van der Waals surface area contributed by atoms with Gasteiger partial charge >= 0.3 is 20.1 Å². The molecule has 0 aliphatic heterocycles. The van der Waals surface area contributed by atoms with Gasteiger partial charge in [0, 0.05) is 33.0 Å². The fourth-order valence-corrected chi connectivity index (χ4v) is 10.8. The third-order valence-electron chi connectivity index (χ3n) is 14.8. The number of hydrogen-bond donors (Lipinski definition) is 0. The number of rotatable bonds is 11. The molecule has 5 aromatic heterocycles. The molecule has 9 aromatic carbocycles. The van der Waals surface area contributed by atoms with Crippen molar-refractivity contribution in [3.8, 4) is 123 Å². The molecule has 0 saturated heterocycles. The maximum absolute atomic E-state index is 7.94. The summed E-state index contributed by atoms with van der Waals surface area (Å²) in [4.78, 5) is 18.6. The number of pyridine rings is 4. The predicted molar refractivity (Wildman–Crippen MR) is 326 cm³/mol. The Bertz CT molecular complexity index is 4540. The van der Waals surface area contributed by atoms with E-state index >= 15 is 0 Å². The van der Waals surface area contributed by atoms with Crippen LogP contribution < -0.4 is 0 Å². The van der Waals surface area contributed by atoms with Gasteiger partial charge in [0.1, 0.15) is 0 Å². The van der Waals surface area contributed by atoms with Crippen LogP contribution in [0.4, 0.5) is 0 Å². The minimum atomic E-state index is -2.37. The van der Waals surface area contributed by atoms with Crippen molar-refractivity contribution in [2.45, 2.75) is 6.85 Å². The maximum Gasteiger partial charge on any atom is 3.00 e. The average Bonchev–Trinajstić information content (AvgIpc) is 3.52. The molecule has 6 heteroatoms. The summed E-state index contributed by atoms with van der Waals surface area (Å²) in [7, 11) is 0.